The molecule has 2 aromatic rings. The molecule has 0 aromatic heterocycles. The maximum absolute atomic E-state index is 14.5. The van der Waals surface area contributed by atoms with Gasteiger partial charge in [-0.25, -0.2) is 4.39 Å². The quantitative estimate of drug-likeness (QED) is 0.384. The lowest BCUT2D eigenvalue weighted by Gasteiger charge is -2.45. The zero-order valence-corrected chi connectivity index (χ0v) is 23.6. The van der Waals surface area contributed by atoms with Gasteiger partial charge in [0.1, 0.15) is 11.6 Å². The standard InChI is InChI=1S/C28H37ClFNO3Si/c1-18(32)14-20-10-8-11-22-19(2)31(27(33)16-24-25(29)12-9-13-26(24)30)21(15-23(20)22)17-34-35(6,7)28(3,4)5/h8-13,19,21H,14-17H2,1-7H3/t19-,21-/m1/s1. The van der Waals surface area contributed by atoms with Crippen LogP contribution in [0.15, 0.2) is 36.4 Å². The Morgan fingerprint density at radius 1 is 1.14 bits per heavy atom. The number of fused-ring (bicyclic) bond motifs is 1. The van der Waals surface area contributed by atoms with Crippen molar-refractivity contribution in [3.05, 3.63) is 69.5 Å². The summed E-state index contributed by atoms with van der Waals surface area (Å²) >= 11 is 6.24. The van der Waals surface area contributed by atoms with Crippen LogP contribution in [0.25, 0.3) is 0 Å². The van der Waals surface area contributed by atoms with E-state index in [1.54, 1.807) is 13.0 Å². The molecule has 1 amide bonds. The van der Waals surface area contributed by atoms with E-state index in [4.69, 9.17) is 16.0 Å². The first-order valence-corrected chi connectivity index (χ1v) is 15.5. The Balaban J connectivity index is 1.99. The van der Waals surface area contributed by atoms with Gasteiger partial charge in [-0.1, -0.05) is 56.6 Å². The molecule has 0 spiro atoms. The van der Waals surface area contributed by atoms with E-state index in [1.165, 1.54) is 12.1 Å². The molecule has 2 aromatic carbocycles. The Morgan fingerprint density at radius 2 is 1.80 bits per heavy atom. The maximum Gasteiger partial charge on any atom is 0.228 e. The molecule has 2 atom stereocenters. The fraction of sp³-hybridized carbons (Fsp3) is 0.500. The van der Waals surface area contributed by atoms with Gasteiger partial charge in [0.15, 0.2) is 8.32 Å². The average molecular weight is 518 g/mol. The van der Waals surface area contributed by atoms with Crippen molar-refractivity contribution in [2.24, 2.45) is 0 Å². The van der Waals surface area contributed by atoms with Gasteiger partial charge in [0.2, 0.25) is 5.91 Å². The number of hydrogen-bond donors (Lipinski definition) is 0. The van der Waals surface area contributed by atoms with E-state index in [1.807, 2.05) is 30.0 Å². The first-order valence-electron chi connectivity index (χ1n) is 12.2. The van der Waals surface area contributed by atoms with Crippen LogP contribution in [0, 0.1) is 5.82 Å². The SMILES string of the molecule is CC(=O)Cc1cccc2c1C[C@H](CO[Si](C)(C)C(C)(C)C)N(C(=O)Cc1c(F)cccc1Cl)[C@@H]2C. The molecule has 0 fully saturated rings. The number of Topliss-reactive ketones (excluding diaryl/α,β-unsaturated/α-hetero) is 1. The van der Waals surface area contributed by atoms with Crippen molar-refractivity contribution in [1.29, 1.82) is 0 Å². The number of carbonyl (C=O) groups excluding carboxylic acids is 2. The fourth-order valence-electron chi connectivity index (χ4n) is 4.55. The van der Waals surface area contributed by atoms with E-state index in [2.05, 4.69) is 33.9 Å². The predicted octanol–water partition coefficient (Wildman–Crippen LogP) is 6.69. The number of rotatable bonds is 7. The average Bonchev–Trinajstić information content (AvgIpc) is 2.74. The molecule has 190 valence electrons. The van der Waals surface area contributed by atoms with Gasteiger partial charge in [-0.05, 0) is 67.2 Å². The molecule has 1 heterocycles. The zero-order valence-electron chi connectivity index (χ0n) is 21.9. The van der Waals surface area contributed by atoms with Crippen molar-refractivity contribution in [3.8, 4) is 0 Å². The van der Waals surface area contributed by atoms with Crippen LogP contribution in [-0.4, -0.2) is 37.6 Å². The van der Waals surface area contributed by atoms with Gasteiger partial charge in [0.25, 0.3) is 0 Å². The highest BCUT2D eigenvalue weighted by molar-refractivity contribution is 6.74. The first kappa shape index (κ1) is 27.6. The van der Waals surface area contributed by atoms with Gasteiger partial charge in [0, 0.05) is 17.0 Å². The number of ketones is 1. The largest absolute Gasteiger partial charge is 0.415 e. The van der Waals surface area contributed by atoms with Crippen molar-refractivity contribution < 1.29 is 18.4 Å². The van der Waals surface area contributed by atoms with Crippen molar-refractivity contribution in [1.82, 2.24) is 4.90 Å². The maximum atomic E-state index is 14.5. The third-order valence-electron chi connectivity index (χ3n) is 7.57. The lowest BCUT2D eigenvalue weighted by Crippen LogP contribution is -2.52. The third kappa shape index (κ3) is 6.04. The highest BCUT2D eigenvalue weighted by Gasteiger charge is 2.41. The van der Waals surface area contributed by atoms with Crippen LogP contribution in [0.2, 0.25) is 23.2 Å². The minimum absolute atomic E-state index is 0.0283. The summed E-state index contributed by atoms with van der Waals surface area (Å²) in [6, 6.07) is 9.97. The molecule has 0 aliphatic carbocycles. The summed E-state index contributed by atoms with van der Waals surface area (Å²) in [6.45, 7) is 14.9. The molecule has 0 N–H and O–H groups in total. The smallest absolute Gasteiger partial charge is 0.228 e. The van der Waals surface area contributed by atoms with E-state index in [9.17, 15) is 14.0 Å². The molecule has 0 unspecified atom stereocenters. The number of benzene rings is 2. The van der Waals surface area contributed by atoms with E-state index >= 15 is 0 Å². The Bertz CT molecular complexity index is 1090. The van der Waals surface area contributed by atoms with Gasteiger partial charge in [-0.15, -0.1) is 0 Å². The molecular weight excluding hydrogens is 481 g/mol. The molecule has 1 aliphatic heterocycles. The molecule has 4 nitrogen and oxygen atoms in total. The highest BCUT2D eigenvalue weighted by atomic mass is 35.5. The van der Waals surface area contributed by atoms with E-state index < -0.39 is 14.1 Å². The number of amides is 1. The molecule has 1 aliphatic rings. The second kappa shape index (κ2) is 10.5. The van der Waals surface area contributed by atoms with Crippen LogP contribution in [-0.2, 0) is 33.3 Å². The third-order valence-corrected chi connectivity index (χ3v) is 12.4. The Hall–Kier alpha value is -2.02. The van der Waals surface area contributed by atoms with Crippen LogP contribution in [0.5, 0.6) is 0 Å². The minimum atomic E-state index is -2.07. The number of halogens is 2. The van der Waals surface area contributed by atoms with Gasteiger partial charge in [-0.2, -0.15) is 0 Å². The molecule has 3 rings (SSSR count). The summed E-state index contributed by atoms with van der Waals surface area (Å²) < 4.78 is 21.1. The molecule has 35 heavy (non-hydrogen) atoms. The van der Waals surface area contributed by atoms with Crippen molar-refractivity contribution in [2.45, 2.75) is 84.1 Å². The first-order chi connectivity index (χ1) is 16.2. The van der Waals surface area contributed by atoms with Crippen molar-refractivity contribution >= 4 is 31.6 Å². The van der Waals surface area contributed by atoms with Crippen molar-refractivity contribution in [2.75, 3.05) is 6.61 Å². The summed E-state index contributed by atoms with van der Waals surface area (Å²) in [5, 5.41) is 0.279. The molecule has 0 radical (unpaired) electrons. The van der Waals surface area contributed by atoms with Crippen LogP contribution in [0.3, 0.4) is 0 Å². The lowest BCUT2D eigenvalue weighted by molar-refractivity contribution is -0.137. The summed E-state index contributed by atoms with van der Waals surface area (Å²) in [5.41, 5.74) is 3.36. The summed E-state index contributed by atoms with van der Waals surface area (Å²) in [5.74, 6) is -0.558. The number of carbonyl (C=O) groups is 2. The van der Waals surface area contributed by atoms with E-state index in [0.717, 1.165) is 16.7 Å². The lowest BCUT2D eigenvalue weighted by atomic mass is 9.84. The van der Waals surface area contributed by atoms with Crippen LogP contribution >= 0.6 is 11.6 Å². The topological polar surface area (TPSA) is 46.6 Å². The Labute approximate surface area is 214 Å². The number of nitrogens with zero attached hydrogens (tertiary/aromatic N) is 1. The normalized spacial score (nSPS) is 18.4. The zero-order chi connectivity index (χ0) is 26.1. The van der Waals surface area contributed by atoms with Gasteiger partial charge in [0.05, 0.1) is 25.1 Å². The molecular formula is C28H37ClFNO3Si. The Kier molecular flexibility index (Phi) is 8.29. The van der Waals surface area contributed by atoms with Crippen LogP contribution < -0.4 is 0 Å². The Morgan fingerprint density at radius 3 is 2.40 bits per heavy atom. The summed E-state index contributed by atoms with van der Waals surface area (Å²) in [4.78, 5) is 27.5. The molecule has 0 saturated heterocycles. The summed E-state index contributed by atoms with van der Waals surface area (Å²) in [6.07, 6.45) is 0.841. The number of hydrogen-bond acceptors (Lipinski definition) is 3. The molecule has 0 bridgehead atoms. The monoisotopic (exact) mass is 517 g/mol. The van der Waals surface area contributed by atoms with Crippen LogP contribution in [0.1, 0.15) is 62.9 Å². The minimum Gasteiger partial charge on any atom is -0.415 e. The highest BCUT2D eigenvalue weighted by Crippen LogP contribution is 2.39. The van der Waals surface area contributed by atoms with Gasteiger partial charge < -0.3 is 9.33 Å². The van der Waals surface area contributed by atoms with Crippen molar-refractivity contribution in [3.63, 3.8) is 0 Å². The van der Waals surface area contributed by atoms with Gasteiger partial charge in [-0.3, -0.25) is 9.59 Å². The van der Waals surface area contributed by atoms with E-state index in [0.29, 0.717) is 19.4 Å². The molecule has 0 saturated carbocycles. The van der Waals surface area contributed by atoms with Gasteiger partial charge >= 0.3 is 0 Å². The molecule has 7 heteroatoms. The van der Waals surface area contributed by atoms with Crippen LogP contribution in [0.4, 0.5) is 4.39 Å². The van der Waals surface area contributed by atoms with E-state index in [-0.39, 0.29) is 45.8 Å². The fourth-order valence-corrected chi connectivity index (χ4v) is 5.82. The second-order valence-electron chi connectivity index (χ2n) is 11.1. The predicted molar refractivity (Wildman–Crippen MR) is 142 cm³/mol. The summed E-state index contributed by atoms with van der Waals surface area (Å²) in [7, 11) is -2.07. The second-order valence-corrected chi connectivity index (χ2v) is 16.4.